The van der Waals surface area contributed by atoms with Crippen LogP contribution in [0, 0.1) is 5.82 Å². The van der Waals surface area contributed by atoms with Crippen LogP contribution in [0.3, 0.4) is 0 Å². The molecule has 0 saturated carbocycles. The van der Waals surface area contributed by atoms with Crippen LogP contribution in [0.25, 0.3) is 16.7 Å². The number of ether oxygens (including phenoxy) is 1. The first-order valence-corrected chi connectivity index (χ1v) is 10.1. The van der Waals surface area contributed by atoms with Crippen LogP contribution in [0.15, 0.2) is 42.5 Å². The molecule has 30 heavy (non-hydrogen) atoms. The van der Waals surface area contributed by atoms with Crippen molar-refractivity contribution in [2.45, 2.75) is 39.3 Å². The van der Waals surface area contributed by atoms with Gasteiger partial charge in [0.05, 0.1) is 0 Å². The number of nitrogens with one attached hydrogen (secondary N) is 1. The van der Waals surface area contributed by atoms with Crippen molar-refractivity contribution in [2.24, 2.45) is 0 Å². The van der Waals surface area contributed by atoms with Gasteiger partial charge in [-0.3, -0.25) is 4.79 Å². The molecule has 156 valence electrons. The van der Waals surface area contributed by atoms with Crippen molar-refractivity contribution >= 4 is 17.6 Å². The lowest BCUT2D eigenvalue weighted by Gasteiger charge is -2.31. The second-order valence-electron chi connectivity index (χ2n) is 8.66. The fourth-order valence-corrected chi connectivity index (χ4v) is 3.83. The van der Waals surface area contributed by atoms with E-state index in [1.165, 1.54) is 12.1 Å². The molecule has 0 unspecified atom stereocenters. The second kappa shape index (κ2) is 7.59. The van der Waals surface area contributed by atoms with Crippen molar-refractivity contribution in [3.05, 3.63) is 65.0 Å². The molecule has 0 aliphatic carbocycles. The predicted octanol–water partition coefficient (Wildman–Crippen LogP) is 4.76. The molecule has 4 rings (SSSR count). The predicted molar refractivity (Wildman–Crippen MR) is 113 cm³/mol. The van der Waals surface area contributed by atoms with Gasteiger partial charge in [0.2, 0.25) is 0 Å². The maximum absolute atomic E-state index is 13.5. The summed E-state index contributed by atoms with van der Waals surface area (Å²) < 4.78 is 19.0. The van der Waals surface area contributed by atoms with Gasteiger partial charge < -0.3 is 15.0 Å². The molecule has 0 radical (unpaired) electrons. The molecular weight excluding hydrogens is 383 g/mol. The fraction of sp³-hybridized carbons (Fsp3) is 0.333. The van der Waals surface area contributed by atoms with Crippen molar-refractivity contribution in [3.8, 4) is 11.1 Å². The van der Waals surface area contributed by atoms with Gasteiger partial charge in [0, 0.05) is 25.2 Å². The topological polar surface area (TPSA) is 58.6 Å². The van der Waals surface area contributed by atoms with Gasteiger partial charge in [0.1, 0.15) is 11.4 Å². The Labute approximate surface area is 175 Å². The average molecular weight is 408 g/mol. The largest absolute Gasteiger partial charge is 0.444 e. The molecule has 0 aromatic heterocycles. The summed E-state index contributed by atoms with van der Waals surface area (Å²) in [6, 6.07) is 10.1. The molecule has 2 aromatic carbocycles. The van der Waals surface area contributed by atoms with Gasteiger partial charge in [-0.1, -0.05) is 18.2 Å². The summed E-state index contributed by atoms with van der Waals surface area (Å²) in [5.41, 5.74) is 4.62. The van der Waals surface area contributed by atoms with Crippen LogP contribution in [0.4, 0.5) is 9.18 Å². The zero-order chi connectivity index (χ0) is 21.5. The number of nitrogens with zero attached hydrogens (tertiary/aromatic N) is 1. The Morgan fingerprint density at radius 2 is 1.83 bits per heavy atom. The minimum Gasteiger partial charge on any atom is -0.444 e. The number of hydrogen-bond donors (Lipinski definition) is 1. The third kappa shape index (κ3) is 4.08. The first-order valence-electron chi connectivity index (χ1n) is 10.1. The van der Waals surface area contributed by atoms with Crippen LogP contribution >= 0.6 is 0 Å². The highest BCUT2D eigenvalue weighted by molar-refractivity contribution is 6.01. The van der Waals surface area contributed by atoms with E-state index in [9.17, 15) is 14.0 Å². The van der Waals surface area contributed by atoms with E-state index in [2.05, 4.69) is 11.4 Å². The molecule has 0 spiro atoms. The Bertz CT molecular complexity index is 1040. The van der Waals surface area contributed by atoms with E-state index in [-0.39, 0.29) is 17.8 Å². The fourth-order valence-electron chi connectivity index (χ4n) is 3.83. The summed E-state index contributed by atoms with van der Waals surface area (Å²) in [5.74, 6) is -0.417. The van der Waals surface area contributed by atoms with Gasteiger partial charge in [-0.15, -0.1) is 0 Å². The molecular formula is C24H25FN2O3. The molecule has 2 amide bonds. The number of fused-ring (bicyclic) bond motifs is 1. The first-order chi connectivity index (χ1) is 14.2. The van der Waals surface area contributed by atoms with Crippen LogP contribution in [0.5, 0.6) is 0 Å². The van der Waals surface area contributed by atoms with Crippen molar-refractivity contribution in [1.29, 1.82) is 0 Å². The van der Waals surface area contributed by atoms with E-state index in [1.54, 1.807) is 17.0 Å². The minimum atomic E-state index is -0.558. The van der Waals surface area contributed by atoms with E-state index in [1.807, 2.05) is 32.9 Å². The highest BCUT2D eigenvalue weighted by Gasteiger charge is 2.27. The molecule has 2 aliphatic heterocycles. The summed E-state index contributed by atoms with van der Waals surface area (Å²) in [5, 5.41) is 2.85. The van der Waals surface area contributed by atoms with Gasteiger partial charge >= 0.3 is 6.09 Å². The summed E-state index contributed by atoms with van der Waals surface area (Å²) in [4.78, 5) is 26.5. The summed E-state index contributed by atoms with van der Waals surface area (Å²) in [6.45, 7) is 7.04. The Kier molecular flexibility index (Phi) is 5.10. The van der Waals surface area contributed by atoms with Crippen molar-refractivity contribution in [3.63, 3.8) is 0 Å². The maximum atomic E-state index is 13.5. The second-order valence-corrected chi connectivity index (χ2v) is 8.66. The number of rotatable bonds is 2. The molecule has 1 N–H and O–H groups in total. The molecule has 0 atom stereocenters. The number of halogens is 1. The summed E-state index contributed by atoms with van der Waals surface area (Å²) >= 11 is 0. The van der Waals surface area contributed by atoms with E-state index < -0.39 is 5.60 Å². The molecule has 0 bridgehead atoms. The average Bonchev–Trinajstić information content (AvgIpc) is 3.06. The van der Waals surface area contributed by atoms with Crippen LogP contribution < -0.4 is 5.32 Å². The maximum Gasteiger partial charge on any atom is 0.410 e. The Balaban J connectivity index is 1.73. The minimum absolute atomic E-state index is 0.104. The quantitative estimate of drug-likeness (QED) is 0.779. The lowest BCUT2D eigenvalue weighted by molar-refractivity contribution is 0.0273. The third-order valence-electron chi connectivity index (χ3n) is 5.23. The number of benzene rings is 2. The standard InChI is InChI=1S/C24H25FN2O3/c1-24(2,3)30-23(29)27-10-4-5-16(14-27)19-11-17-13-26-22(28)21(17)12-20(19)15-6-8-18(25)9-7-15/h5-9,11-12H,4,10,13-14H2,1-3H3,(H,26,28). The van der Waals surface area contributed by atoms with Crippen LogP contribution in [0.1, 0.15) is 48.7 Å². The van der Waals surface area contributed by atoms with E-state index in [0.29, 0.717) is 31.6 Å². The smallest absolute Gasteiger partial charge is 0.410 e. The van der Waals surface area contributed by atoms with Gasteiger partial charge in [0.25, 0.3) is 5.91 Å². The lowest BCUT2D eigenvalue weighted by Crippen LogP contribution is -2.39. The zero-order valence-electron chi connectivity index (χ0n) is 17.4. The molecule has 5 nitrogen and oxygen atoms in total. The summed E-state index contributed by atoms with van der Waals surface area (Å²) in [6.07, 6.45) is 2.50. The Hall–Kier alpha value is -3.15. The summed E-state index contributed by atoms with van der Waals surface area (Å²) in [7, 11) is 0. The number of carbonyl (C=O) groups is 2. The molecule has 2 aromatic rings. The van der Waals surface area contributed by atoms with Crippen molar-refractivity contribution in [1.82, 2.24) is 10.2 Å². The molecule has 2 aliphatic rings. The van der Waals surface area contributed by atoms with E-state index >= 15 is 0 Å². The van der Waals surface area contributed by atoms with Crippen LogP contribution in [-0.4, -0.2) is 35.6 Å². The third-order valence-corrected chi connectivity index (χ3v) is 5.23. The lowest BCUT2D eigenvalue weighted by atomic mass is 9.89. The number of carbonyl (C=O) groups excluding carboxylic acids is 2. The highest BCUT2D eigenvalue weighted by Crippen LogP contribution is 2.35. The highest BCUT2D eigenvalue weighted by atomic mass is 19.1. The Morgan fingerprint density at radius 1 is 1.10 bits per heavy atom. The van der Waals surface area contributed by atoms with Gasteiger partial charge in [-0.05, 0) is 79.3 Å². The molecule has 0 fully saturated rings. The number of amides is 2. The van der Waals surface area contributed by atoms with Gasteiger partial charge in [-0.25, -0.2) is 9.18 Å². The van der Waals surface area contributed by atoms with E-state index in [0.717, 1.165) is 27.8 Å². The van der Waals surface area contributed by atoms with Gasteiger partial charge in [-0.2, -0.15) is 0 Å². The Morgan fingerprint density at radius 3 is 2.53 bits per heavy atom. The van der Waals surface area contributed by atoms with Crippen molar-refractivity contribution in [2.75, 3.05) is 13.1 Å². The number of hydrogen-bond acceptors (Lipinski definition) is 3. The monoisotopic (exact) mass is 408 g/mol. The first kappa shape index (κ1) is 20.1. The molecule has 6 heteroatoms. The zero-order valence-corrected chi connectivity index (χ0v) is 17.4. The van der Waals surface area contributed by atoms with Crippen LogP contribution in [0.2, 0.25) is 0 Å². The van der Waals surface area contributed by atoms with Gasteiger partial charge in [0.15, 0.2) is 0 Å². The van der Waals surface area contributed by atoms with E-state index in [4.69, 9.17) is 4.74 Å². The molecule has 2 heterocycles. The SMILES string of the molecule is CC(C)(C)OC(=O)N1CCC=C(c2cc3c(cc2-c2ccc(F)cc2)C(=O)NC3)C1. The van der Waals surface area contributed by atoms with Crippen molar-refractivity contribution < 1.29 is 18.7 Å². The molecule has 0 saturated heterocycles. The van der Waals surface area contributed by atoms with Crippen LogP contribution in [-0.2, 0) is 11.3 Å². The normalized spacial score (nSPS) is 16.1.